The van der Waals surface area contributed by atoms with Gasteiger partial charge in [0.25, 0.3) is 0 Å². The third-order valence-electron chi connectivity index (χ3n) is 3.18. The summed E-state index contributed by atoms with van der Waals surface area (Å²) in [5.74, 6) is 0.366. The Hall–Kier alpha value is -1.98. The molecular weight excluding hydrogens is 285 g/mol. The van der Waals surface area contributed by atoms with Crippen LogP contribution in [0.15, 0.2) is 59.9 Å². The number of nitrogens with two attached hydrogens (primary N) is 1. The third-order valence-corrected chi connectivity index (χ3v) is 4.31. The summed E-state index contributed by atoms with van der Waals surface area (Å²) in [5, 5.41) is 1.91. The van der Waals surface area contributed by atoms with Gasteiger partial charge in [-0.1, -0.05) is 30.3 Å². The van der Waals surface area contributed by atoms with Gasteiger partial charge in [0.15, 0.2) is 0 Å². The highest BCUT2D eigenvalue weighted by Crippen LogP contribution is 2.27. The van der Waals surface area contributed by atoms with Crippen LogP contribution in [-0.2, 0) is 0 Å². The molecule has 5 heteroatoms. The number of fused-ring (bicyclic) bond motifs is 1. The van der Waals surface area contributed by atoms with E-state index in [1.807, 2.05) is 30.3 Å². The first-order valence-corrected chi connectivity index (χ1v) is 7.56. The molecule has 0 aliphatic rings. The maximum atomic E-state index is 13.2. The maximum absolute atomic E-state index is 13.2. The topological polar surface area (TPSA) is 51.8 Å². The van der Waals surface area contributed by atoms with Crippen LogP contribution < -0.4 is 5.73 Å². The Morgan fingerprint density at radius 1 is 1.10 bits per heavy atom. The third kappa shape index (κ3) is 3.20. The van der Waals surface area contributed by atoms with Crippen molar-refractivity contribution in [2.75, 3.05) is 5.75 Å². The minimum Gasteiger partial charge on any atom is -0.323 e. The molecule has 0 aliphatic carbocycles. The molecule has 3 nitrogen and oxygen atoms in total. The molecule has 106 valence electrons. The van der Waals surface area contributed by atoms with Crippen LogP contribution in [0.5, 0.6) is 0 Å². The van der Waals surface area contributed by atoms with Crippen LogP contribution in [0, 0.1) is 5.82 Å². The van der Waals surface area contributed by atoms with E-state index in [1.165, 1.54) is 12.1 Å². The first kappa shape index (κ1) is 14.0. The number of hydrogen-bond acceptors (Lipinski definition) is 4. The first-order valence-electron chi connectivity index (χ1n) is 6.57. The Morgan fingerprint density at radius 3 is 2.81 bits per heavy atom. The van der Waals surface area contributed by atoms with Gasteiger partial charge in [0.2, 0.25) is 0 Å². The fourth-order valence-electron chi connectivity index (χ4n) is 2.10. The van der Waals surface area contributed by atoms with E-state index in [9.17, 15) is 4.39 Å². The van der Waals surface area contributed by atoms with E-state index < -0.39 is 0 Å². The molecule has 2 aromatic carbocycles. The molecule has 1 heterocycles. The Bertz CT molecular complexity index is 758. The summed E-state index contributed by atoms with van der Waals surface area (Å²) >= 11 is 1.56. The van der Waals surface area contributed by atoms with Crippen molar-refractivity contribution in [3.05, 3.63) is 66.2 Å². The molecular formula is C16H14FN3S. The molecule has 21 heavy (non-hydrogen) atoms. The molecule has 2 N–H and O–H groups in total. The van der Waals surface area contributed by atoms with Gasteiger partial charge in [0, 0.05) is 17.2 Å². The van der Waals surface area contributed by atoms with Gasteiger partial charge in [0.05, 0.1) is 5.52 Å². The maximum Gasteiger partial charge on any atom is 0.123 e. The minimum absolute atomic E-state index is 0.237. The standard InChI is InChI=1S/C16H14FN3S/c17-12-5-3-4-11(8-12)14(18)9-21-16-13-6-1-2-7-15(13)19-10-20-16/h1-8,10,14H,9,18H2. The molecule has 0 spiro atoms. The molecule has 1 unspecified atom stereocenters. The molecule has 0 aliphatic heterocycles. The van der Waals surface area contributed by atoms with E-state index in [0.717, 1.165) is 21.5 Å². The quantitative estimate of drug-likeness (QED) is 0.591. The average molecular weight is 299 g/mol. The summed E-state index contributed by atoms with van der Waals surface area (Å²) in [6, 6.07) is 14.0. The van der Waals surface area contributed by atoms with E-state index in [-0.39, 0.29) is 11.9 Å². The van der Waals surface area contributed by atoms with E-state index >= 15 is 0 Å². The van der Waals surface area contributed by atoms with Gasteiger partial charge in [-0.25, -0.2) is 14.4 Å². The Morgan fingerprint density at radius 2 is 1.95 bits per heavy atom. The van der Waals surface area contributed by atoms with Crippen LogP contribution in [0.3, 0.4) is 0 Å². The highest BCUT2D eigenvalue weighted by molar-refractivity contribution is 7.99. The van der Waals surface area contributed by atoms with Gasteiger partial charge in [-0.2, -0.15) is 0 Å². The van der Waals surface area contributed by atoms with Gasteiger partial charge in [-0.15, -0.1) is 11.8 Å². The van der Waals surface area contributed by atoms with E-state index in [0.29, 0.717) is 5.75 Å². The number of aromatic nitrogens is 2. The SMILES string of the molecule is NC(CSc1ncnc2ccccc12)c1cccc(F)c1. The molecule has 3 rings (SSSR count). The number of para-hydroxylation sites is 1. The van der Waals surface area contributed by atoms with Crippen molar-refractivity contribution in [1.82, 2.24) is 9.97 Å². The van der Waals surface area contributed by atoms with Crippen molar-refractivity contribution in [2.24, 2.45) is 5.73 Å². The molecule has 0 fully saturated rings. The van der Waals surface area contributed by atoms with Crippen LogP contribution in [0.25, 0.3) is 10.9 Å². The van der Waals surface area contributed by atoms with Gasteiger partial charge in [-0.3, -0.25) is 0 Å². The summed E-state index contributed by atoms with van der Waals surface area (Å²) in [5.41, 5.74) is 7.83. The number of rotatable bonds is 4. The van der Waals surface area contributed by atoms with Crippen LogP contribution in [0.4, 0.5) is 4.39 Å². The summed E-state index contributed by atoms with van der Waals surface area (Å²) < 4.78 is 13.2. The molecule has 0 amide bonds. The zero-order chi connectivity index (χ0) is 14.7. The molecule has 3 aromatic rings. The highest BCUT2D eigenvalue weighted by Gasteiger charge is 2.10. The molecule has 0 bridgehead atoms. The fraction of sp³-hybridized carbons (Fsp3) is 0.125. The van der Waals surface area contributed by atoms with Crippen molar-refractivity contribution in [1.29, 1.82) is 0 Å². The second-order valence-corrected chi connectivity index (χ2v) is 5.68. The Balaban J connectivity index is 1.77. The fourth-order valence-corrected chi connectivity index (χ4v) is 3.08. The molecule has 0 saturated carbocycles. The lowest BCUT2D eigenvalue weighted by molar-refractivity contribution is 0.622. The second kappa shape index (κ2) is 6.20. The Kier molecular flexibility index (Phi) is 4.13. The average Bonchev–Trinajstić information content (AvgIpc) is 2.52. The van der Waals surface area contributed by atoms with Crippen molar-refractivity contribution >= 4 is 22.7 Å². The van der Waals surface area contributed by atoms with Crippen LogP contribution in [0.1, 0.15) is 11.6 Å². The second-order valence-electron chi connectivity index (χ2n) is 4.67. The minimum atomic E-state index is -0.263. The van der Waals surface area contributed by atoms with Crippen molar-refractivity contribution in [3.8, 4) is 0 Å². The molecule has 1 atom stereocenters. The lowest BCUT2D eigenvalue weighted by Gasteiger charge is -2.12. The van der Waals surface area contributed by atoms with E-state index in [1.54, 1.807) is 24.2 Å². The van der Waals surface area contributed by atoms with Gasteiger partial charge in [0.1, 0.15) is 17.2 Å². The normalized spacial score (nSPS) is 12.5. The monoisotopic (exact) mass is 299 g/mol. The number of nitrogens with zero attached hydrogens (tertiary/aromatic N) is 2. The van der Waals surface area contributed by atoms with Crippen LogP contribution in [0.2, 0.25) is 0 Å². The predicted octanol–water partition coefficient (Wildman–Crippen LogP) is 3.56. The van der Waals surface area contributed by atoms with Crippen molar-refractivity contribution in [3.63, 3.8) is 0 Å². The summed E-state index contributed by atoms with van der Waals surface area (Å²) in [6.45, 7) is 0. The number of thioether (sulfide) groups is 1. The first-order chi connectivity index (χ1) is 10.2. The number of hydrogen-bond donors (Lipinski definition) is 1. The van der Waals surface area contributed by atoms with Gasteiger partial charge < -0.3 is 5.73 Å². The number of halogens is 1. The zero-order valence-corrected chi connectivity index (χ0v) is 12.1. The zero-order valence-electron chi connectivity index (χ0n) is 11.2. The summed E-state index contributed by atoms with van der Waals surface area (Å²) in [7, 11) is 0. The van der Waals surface area contributed by atoms with Crippen LogP contribution in [-0.4, -0.2) is 15.7 Å². The molecule has 1 aromatic heterocycles. The van der Waals surface area contributed by atoms with Gasteiger partial charge >= 0.3 is 0 Å². The molecule has 0 saturated heterocycles. The smallest absolute Gasteiger partial charge is 0.123 e. The predicted molar refractivity (Wildman–Crippen MR) is 83.6 cm³/mol. The lowest BCUT2D eigenvalue weighted by atomic mass is 10.1. The number of benzene rings is 2. The largest absolute Gasteiger partial charge is 0.323 e. The van der Waals surface area contributed by atoms with Crippen molar-refractivity contribution in [2.45, 2.75) is 11.1 Å². The lowest BCUT2D eigenvalue weighted by Crippen LogP contribution is -2.13. The summed E-state index contributed by atoms with van der Waals surface area (Å²) in [4.78, 5) is 8.55. The van der Waals surface area contributed by atoms with E-state index in [4.69, 9.17) is 5.73 Å². The van der Waals surface area contributed by atoms with Crippen LogP contribution >= 0.6 is 11.8 Å². The van der Waals surface area contributed by atoms with E-state index in [2.05, 4.69) is 9.97 Å². The molecule has 0 radical (unpaired) electrons. The Labute approximate surface area is 126 Å². The highest BCUT2D eigenvalue weighted by atomic mass is 32.2. The van der Waals surface area contributed by atoms with Crippen molar-refractivity contribution < 1.29 is 4.39 Å². The summed E-state index contributed by atoms with van der Waals surface area (Å²) in [6.07, 6.45) is 1.55. The van der Waals surface area contributed by atoms with Gasteiger partial charge in [-0.05, 0) is 23.8 Å².